The highest BCUT2D eigenvalue weighted by atomic mass is 79.9. The van der Waals surface area contributed by atoms with E-state index in [9.17, 15) is 10.1 Å². The SMILES string of the molecule is COc1cc(C=C(C#N)C(=O)Nc2ccc(C)cc2)c(Br)cc1OCc1ccc(Cl)cc1Cl. The Balaban J connectivity index is 1.82. The van der Waals surface area contributed by atoms with Crippen molar-refractivity contribution in [1.82, 2.24) is 0 Å². The molecule has 0 unspecified atom stereocenters. The maximum atomic E-state index is 12.6. The number of nitriles is 1. The van der Waals surface area contributed by atoms with Crippen LogP contribution < -0.4 is 14.8 Å². The fraction of sp³-hybridized carbons (Fsp3) is 0.120. The Morgan fingerprint density at radius 3 is 2.48 bits per heavy atom. The third-order valence-electron chi connectivity index (χ3n) is 4.66. The van der Waals surface area contributed by atoms with Crippen LogP contribution in [-0.2, 0) is 11.4 Å². The summed E-state index contributed by atoms with van der Waals surface area (Å²) < 4.78 is 12.0. The van der Waals surface area contributed by atoms with Crippen LogP contribution in [0.1, 0.15) is 16.7 Å². The van der Waals surface area contributed by atoms with Crippen molar-refractivity contribution in [2.24, 2.45) is 0 Å². The normalized spacial score (nSPS) is 11.0. The summed E-state index contributed by atoms with van der Waals surface area (Å²) in [5, 5.41) is 13.3. The van der Waals surface area contributed by atoms with Crippen molar-refractivity contribution in [2.75, 3.05) is 12.4 Å². The number of halogens is 3. The lowest BCUT2D eigenvalue weighted by molar-refractivity contribution is -0.112. The quantitative estimate of drug-likeness (QED) is 0.252. The molecule has 0 aromatic heterocycles. The van der Waals surface area contributed by atoms with E-state index in [-0.39, 0.29) is 12.2 Å². The molecule has 0 aliphatic rings. The number of amides is 1. The number of carbonyl (C=O) groups excluding carboxylic acids is 1. The topological polar surface area (TPSA) is 71.3 Å². The first-order valence-corrected chi connectivity index (χ1v) is 11.3. The largest absolute Gasteiger partial charge is 0.493 e. The van der Waals surface area contributed by atoms with Gasteiger partial charge in [-0.3, -0.25) is 4.79 Å². The van der Waals surface area contributed by atoms with Gasteiger partial charge in [0, 0.05) is 25.8 Å². The number of aryl methyl sites for hydroxylation is 1. The van der Waals surface area contributed by atoms with Crippen LogP contribution >= 0.6 is 39.1 Å². The lowest BCUT2D eigenvalue weighted by Gasteiger charge is -2.14. The van der Waals surface area contributed by atoms with Gasteiger partial charge in [0.05, 0.1) is 7.11 Å². The summed E-state index contributed by atoms with van der Waals surface area (Å²) in [4.78, 5) is 12.6. The number of anilines is 1. The van der Waals surface area contributed by atoms with E-state index in [4.69, 9.17) is 32.7 Å². The van der Waals surface area contributed by atoms with E-state index < -0.39 is 5.91 Å². The zero-order valence-corrected chi connectivity index (χ0v) is 20.9. The second-order valence-electron chi connectivity index (χ2n) is 7.04. The Kier molecular flexibility index (Phi) is 8.40. The molecule has 0 fully saturated rings. The molecular formula is C25H19BrCl2N2O3. The molecule has 0 heterocycles. The maximum Gasteiger partial charge on any atom is 0.266 e. The second-order valence-corrected chi connectivity index (χ2v) is 8.74. The number of nitrogens with one attached hydrogen (secondary N) is 1. The molecule has 3 rings (SSSR count). The van der Waals surface area contributed by atoms with Crippen molar-refractivity contribution in [2.45, 2.75) is 13.5 Å². The standard InChI is InChI=1S/C25H19BrCl2N2O3/c1-15-3-7-20(8-4-15)30-25(31)18(13-29)9-17-10-23(32-2)24(12-21(17)26)33-14-16-5-6-19(27)11-22(16)28/h3-12H,14H2,1-2H3,(H,30,31). The molecule has 33 heavy (non-hydrogen) atoms. The van der Waals surface area contributed by atoms with Crippen molar-refractivity contribution < 1.29 is 14.3 Å². The molecule has 1 amide bonds. The Hall–Kier alpha value is -2.98. The van der Waals surface area contributed by atoms with Crippen LogP contribution in [0.2, 0.25) is 10.0 Å². The monoisotopic (exact) mass is 544 g/mol. The van der Waals surface area contributed by atoms with E-state index in [1.54, 1.807) is 42.5 Å². The third kappa shape index (κ3) is 6.52. The Morgan fingerprint density at radius 2 is 1.85 bits per heavy atom. The van der Waals surface area contributed by atoms with Crippen LogP contribution in [0.3, 0.4) is 0 Å². The highest BCUT2D eigenvalue weighted by molar-refractivity contribution is 9.10. The summed E-state index contributed by atoms with van der Waals surface area (Å²) in [5.74, 6) is 0.394. The predicted molar refractivity (Wildman–Crippen MR) is 135 cm³/mol. The van der Waals surface area contributed by atoms with E-state index in [1.807, 2.05) is 25.1 Å². The number of rotatable bonds is 7. The highest BCUT2D eigenvalue weighted by Gasteiger charge is 2.14. The molecule has 0 aliphatic carbocycles. The average Bonchev–Trinajstić information content (AvgIpc) is 2.79. The summed E-state index contributed by atoms with van der Waals surface area (Å²) in [7, 11) is 1.51. The second kappa shape index (κ2) is 11.2. The van der Waals surface area contributed by atoms with Crippen molar-refractivity contribution in [3.63, 3.8) is 0 Å². The van der Waals surface area contributed by atoms with Gasteiger partial charge in [0.1, 0.15) is 18.2 Å². The van der Waals surface area contributed by atoms with Gasteiger partial charge in [-0.1, -0.05) is 62.9 Å². The van der Waals surface area contributed by atoms with E-state index >= 15 is 0 Å². The van der Waals surface area contributed by atoms with Gasteiger partial charge in [0.15, 0.2) is 11.5 Å². The number of carbonyl (C=O) groups is 1. The minimum atomic E-state index is -0.509. The Bertz CT molecular complexity index is 1250. The first kappa shape index (κ1) is 24.7. The van der Waals surface area contributed by atoms with Crippen LogP contribution in [0.5, 0.6) is 11.5 Å². The zero-order valence-electron chi connectivity index (χ0n) is 17.8. The molecule has 0 atom stereocenters. The van der Waals surface area contributed by atoms with Crippen LogP contribution in [0.25, 0.3) is 6.08 Å². The van der Waals surface area contributed by atoms with Gasteiger partial charge >= 0.3 is 0 Å². The summed E-state index contributed by atoms with van der Waals surface area (Å²) in [6.45, 7) is 2.16. The van der Waals surface area contributed by atoms with Gasteiger partial charge < -0.3 is 14.8 Å². The van der Waals surface area contributed by atoms with Crippen molar-refractivity contribution >= 4 is 56.8 Å². The van der Waals surface area contributed by atoms with E-state index in [2.05, 4.69) is 21.2 Å². The van der Waals surface area contributed by atoms with E-state index in [0.717, 1.165) is 11.1 Å². The summed E-state index contributed by atoms with van der Waals surface area (Å²) in [6.07, 6.45) is 1.48. The molecule has 5 nitrogen and oxygen atoms in total. The minimum Gasteiger partial charge on any atom is -0.493 e. The van der Waals surface area contributed by atoms with Crippen LogP contribution in [0, 0.1) is 18.3 Å². The zero-order chi connectivity index (χ0) is 24.0. The number of benzene rings is 3. The summed E-state index contributed by atoms with van der Waals surface area (Å²) in [5.41, 5.74) is 2.97. The number of hydrogen-bond acceptors (Lipinski definition) is 4. The minimum absolute atomic E-state index is 0.0556. The summed E-state index contributed by atoms with van der Waals surface area (Å²) in [6, 6.07) is 17.8. The fourth-order valence-electron chi connectivity index (χ4n) is 2.87. The molecular weight excluding hydrogens is 527 g/mol. The van der Waals surface area contributed by atoms with Crippen molar-refractivity contribution in [3.8, 4) is 17.6 Å². The van der Waals surface area contributed by atoms with Gasteiger partial charge in [0.25, 0.3) is 5.91 Å². The van der Waals surface area contributed by atoms with Gasteiger partial charge in [-0.2, -0.15) is 5.26 Å². The molecule has 0 saturated heterocycles. The lowest BCUT2D eigenvalue weighted by atomic mass is 10.1. The number of nitrogens with zero attached hydrogens (tertiary/aromatic N) is 1. The average molecular weight is 546 g/mol. The first-order valence-electron chi connectivity index (χ1n) is 9.74. The predicted octanol–water partition coefficient (Wildman–Crippen LogP) is 7.20. The van der Waals surface area contributed by atoms with Gasteiger partial charge in [-0.15, -0.1) is 0 Å². The van der Waals surface area contributed by atoms with Crippen molar-refractivity contribution in [1.29, 1.82) is 5.26 Å². The smallest absolute Gasteiger partial charge is 0.266 e. The van der Waals surface area contributed by atoms with Gasteiger partial charge in [-0.25, -0.2) is 0 Å². The molecule has 0 radical (unpaired) electrons. The molecule has 3 aromatic rings. The fourth-order valence-corrected chi connectivity index (χ4v) is 3.77. The number of hydrogen-bond donors (Lipinski definition) is 1. The lowest BCUT2D eigenvalue weighted by Crippen LogP contribution is -2.13. The highest BCUT2D eigenvalue weighted by Crippen LogP contribution is 2.35. The first-order chi connectivity index (χ1) is 15.8. The Labute approximate surface area is 210 Å². The molecule has 0 spiro atoms. The molecule has 1 N–H and O–H groups in total. The molecule has 0 bridgehead atoms. The number of methoxy groups -OCH3 is 1. The van der Waals surface area contributed by atoms with Crippen molar-refractivity contribution in [3.05, 3.63) is 91.4 Å². The molecule has 0 aliphatic heterocycles. The molecule has 168 valence electrons. The van der Waals surface area contributed by atoms with E-state index in [1.165, 1.54) is 13.2 Å². The molecule has 3 aromatic carbocycles. The van der Waals surface area contributed by atoms with Gasteiger partial charge in [0.2, 0.25) is 0 Å². The molecule has 0 saturated carbocycles. The maximum absolute atomic E-state index is 12.6. The van der Waals surface area contributed by atoms with E-state index in [0.29, 0.717) is 37.3 Å². The van der Waals surface area contributed by atoms with Gasteiger partial charge in [-0.05, 0) is 55.0 Å². The molecule has 8 heteroatoms. The van der Waals surface area contributed by atoms with Crippen LogP contribution in [0.15, 0.2) is 64.6 Å². The summed E-state index contributed by atoms with van der Waals surface area (Å²) >= 11 is 15.6. The van der Waals surface area contributed by atoms with Crippen LogP contribution in [-0.4, -0.2) is 13.0 Å². The van der Waals surface area contributed by atoms with Crippen LogP contribution in [0.4, 0.5) is 5.69 Å². The third-order valence-corrected chi connectivity index (χ3v) is 5.93. The number of ether oxygens (including phenoxy) is 2. The Morgan fingerprint density at radius 1 is 1.12 bits per heavy atom.